The molecule has 0 aliphatic rings. The van der Waals surface area contributed by atoms with Crippen LogP contribution < -0.4 is 5.32 Å². The number of hydrogen-bond donors (Lipinski definition) is 1. The lowest BCUT2D eigenvalue weighted by atomic mass is 10.1. The van der Waals surface area contributed by atoms with Crippen LogP contribution in [0.5, 0.6) is 0 Å². The standard InChI is InChI=1S/C22H25N3O3S2/c1-14-6-8-17(9-7-14)23-22(26)16(3)29-21-12-15(2)19-13-18(10-11-20(19)24-21)30(27,28)25(4)5/h6-13,16H,1-5H3,(H,23,26)/t16-/m0/s1. The summed E-state index contributed by atoms with van der Waals surface area (Å²) in [5, 5.41) is 4.07. The minimum Gasteiger partial charge on any atom is -0.325 e. The van der Waals surface area contributed by atoms with E-state index in [4.69, 9.17) is 0 Å². The van der Waals surface area contributed by atoms with Crippen LogP contribution in [0.2, 0.25) is 0 Å². The number of carbonyl (C=O) groups excluding carboxylic acids is 1. The summed E-state index contributed by atoms with van der Waals surface area (Å²) in [6, 6.07) is 14.5. The Labute approximate surface area is 181 Å². The molecule has 0 saturated heterocycles. The zero-order valence-corrected chi connectivity index (χ0v) is 19.3. The molecule has 0 unspecified atom stereocenters. The van der Waals surface area contributed by atoms with Gasteiger partial charge in [-0.1, -0.05) is 29.5 Å². The van der Waals surface area contributed by atoms with Crippen molar-refractivity contribution in [3.8, 4) is 0 Å². The summed E-state index contributed by atoms with van der Waals surface area (Å²) in [7, 11) is -0.496. The first-order valence-electron chi connectivity index (χ1n) is 9.46. The van der Waals surface area contributed by atoms with Crippen LogP contribution in [0.15, 0.2) is 58.5 Å². The molecule has 0 aliphatic carbocycles. The summed E-state index contributed by atoms with van der Waals surface area (Å²) in [6.07, 6.45) is 0. The van der Waals surface area contributed by atoms with Gasteiger partial charge in [0.05, 0.1) is 20.7 Å². The molecular formula is C22H25N3O3S2. The summed E-state index contributed by atoms with van der Waals surface area (Å²) in [6.45, 7) is 5.75. The van der Waals surface area contributed by atoms with Crippen LogP contribution in [0.4, 0.5) is 5.69 Å². The highest BCUT2D eigenvalue weighted by atomic mass is 32.2. The summed E-state index contributed by atoms with van der Waals surface area (Å²) in [4.78, 5) is 17.4. The molecule has 1 atom stereocenters. The van der Waals surface area contributed by atoms with E-state index in [9.17, 15) is 13.2 Å². The molecule has 0 radical (unpaired) electrons. The maximum atomic E-state index is 12.5. The SMILES string of the molecule is Cc1ccc(NC(=O)[C@H](C)Sc2cc(C)c3cc(S(=O)(=O)N(C)C)ccc3n2)cc1. The fraction of sp³-hybridized carbons (Fsp3) is 0.273. The predicted octanol–water partition coefficient (Wildman–Crippen LogP) is 4.22. The van der Waals surface area contributed by atoms with Crippen LogP contribution in [0.1, 0.15) is 18.1 Å². The number of hydrogen-bond acceptors (Lipinski definition) is 5. The van der Waals surface area contributed by atoms with Crippen LogP contribution in [0.3, 0.4) is 0 Å². The maximum absolute atomic E-state index is 12.5. The molecule has 6 nitrogen and oxygen atoms in total. The first kappa shape index (κ1) is 22.3. The fourth-order valence-corrected chi connectivity index (χ4v) is 4.74. The van der Waals surface area contributed by atoms with Crippen molar-refractivity contribution in [2.24, 2.45) is 0 Å². The van der Waals surface area contributed by atoms with Crippen LogP contribution in [-0.4, -0.2) is 43.0 Å². The molecule has 0 bridgehead atoms. The maximum Gasteiger partial charge on any atom is 0.242 e. The van der Waals surface area contributed by atoms with Crippen LogP contribution in [-0.2, 0) is 14.8 Å². The van der Waals surface area contributed by atoms with E-state index in [1.807, 2.05) is 51.1 Å². The molecule has 1 aromatic heterocycles. The molecule has 1 heterocycles. The van der Waals surface area contributed by atoms with Crippen molar-refractivity contribution in [1.82, 2.24) is 9.29 Å². The Bertz CT molecular complexity index is 1190. The normalized spacial score (nSPS) is 12.9. The number of benzene rings is 2. The molecule has 3 rings (SSSR count). The number of anilines is 1. The van der Waals surface area contributed by atoms with Gasteiger partial charge in [-0.3, -0.25) is 4.79 Å². The number of carbonyl (C=O) groups is 1. The van der Waals surface area contributed by atoms with Gasteiger partial charge in [-0.05, 0) is 62.7 Å². The van der Waals surface area contributed by atoms with Crippen molar-refractivity contribution in [3.05, 3.63) is 59.7 Å². The second kappa shape index (κ2) is 8.75. The molecule has 30 heavy (non-hydrogen) atoms. The number of sulfonamides is 1. The van der Waals surface area contributed by atoms with Gasteiger partial charge >= 0.3 is 0 Å². The Morgan fingerprint density at radius 2 is 1.73 bits per heavy atom. The van der Waals surface area contributed by atoms with Crippen molar-refractivity contribution in [2.75, 3.05) is 19.4 Å². The third kappa shape index (κ3) is 4.83. The number of rotatable bonds is 6. The van der Waals surface area contributed by atoms with Gasteiger partial charge in [0.25, 0.3) is 0 Å². The lowest BCUT2D eigenvalue weighted by Crippen LogP contribution is -2.22. The van der Waals surface area contributed by atoms with Gasteiger partial charge in [0.1, 0.15) is 0 Å². The molecule has 0 aliphatic heterocycles. The number of amides is 1. The van der Waals surface area contributed by atoms with E-state index in [1.165, 1.54) is 30.2 Å². The molecule has 8 heteroatoms. The van der Waals surface area contributed by atoms with E-state index in [0.29, 0.717) is 5.52 Å². The minimum absolute atomic E-state index is 0.101. The Morgan fingerprint density at radius 1 is 1.07 bits per heavy atom. The second-order valence-corrected chi connectivity index (χ2v) is 10.9. The van der Waals surface area contributed by atoms with Crippen LogP contribution in [0.25, 0.3) is 10.9 Å². The topological polar surface area (TPSA) is 79.4 Å². The summed E-state index contributed by atoms with van der Waals surface area (Å²) in [5.74, 6) is -0.101. The quantitative estimate of drug-likeness (QED) is 0.577. The van der Waals surface area contributed by atoms with Crippen LogP contribution >= 0.6 is 11.8 Å². The van der Waals surface area contributed by atoms with E-state index in [-0.39, 0.29) is 16.1 Å². The second-order valence-electron chi connectivity index (χ2n) is 7.36. The van der Waals surface area contributed by atoms with Gasteiger partial charge in [-0.25, -0.2) is 17.7 Å². The minimum atomic E-state index is -3.51. The average molecular weight is 444 g/mol. The Kier molecular flexibility index (Phi) is 6.50. The van der Waals surface area contributed by atoms with Gasteiger partial charge in [0.2, 0.25) is 15.9 Å². The third-order valence-electron chi connectivity index (χ3n) is 4.73. The van der Waals surface area contributed by atoms with Crippen molar-refractivity contribution < 1.29 is 13.2 Å². The van der Waals surface area contributed by atoms with E-state index in [1.54, 1.807) is 18.2 Å². The summed E-state index contributed by atoms with van der Waals surface area (Å²) >= 11 is 1.37. The summed E-state index contributed by atoms with van der Waals surface area (Å²) < 4.78 is 26.0. The van der Waals surface area contributed by atoms with Crippen molar-refractivity contribution >= 4 is 44.3 Å². The first-order valence-corrected chi connectivity index (χ1v) is 11.8. The van der Waals surface area contributed by atoms with E-state index >= 15 is 0 Å². The highest BCUT2D eigenvalue weighted by molar-refractivity contribution is 8.00. The van der Waals surface area contributed by atoms with Gasteiger partial charge in [-0.15, -0.1) is 0 Å². The fourth-order valence-electron chi connectivity index (χ4n) is 2.89. The molecule has 0 saturated carbocycles. The lowest BCUT2D eigenvalue weighted by Gasteiger charge is -2.14. The predicted molar refractivity (Wildman–Crippen MR) is 122 cm³/mol. The van der Waals surface area contributed by atoms with E-state index in [0.717, 1.165) is 27.2 Å². The smallest absolute Gasteiger partial charge is 0.242 e. The van der Waals surface area contributed by atoms with Crippen molar-refractivity contribution in [2.45, 2.75) is 35.9 Å². The Morgan fingerprint density at radius 3 is 2.37 bits per heavy atom. The number of pyridine rings is 1. The van der Waals surface area contributed by atoms with Gasteiger partial charge in [0, 0.05) is 25.2 Å². The van der Waals surface area contributed by atoms with E-state index in [2.05, 4.69) is 10.3 Å². The lowest BCUT2D eigenvalue weighted by molar-refractivity contribution is -0.115. The third-order valence-corrected chi connectivity index (χ3v) is 7.56. The highest BCUT2D eigenvalue weighted by Gasteiger charge is 2.19. The largest absolute Gasteiger partial charge is 0.325 e. The summed E-state index contributed by atoms with van der Waals surface area (Å²) in [5.41, 5.74) is 3.49. The first-order chi connectivity index (χ1) is 14.1. The molecule has 158 valence electrons. The molecule has 3 aromatic rings. The highest BCUT2D eigenvalue weighted by Crippen LogP contribution is 2.29. The van der Waals surface area contributed by atoms with Crippen molar-refractivity contribution in [3.63, 3.8) is 0 Å². The number of thioether (sulfide) groups is 1. The number of fused-ring (bicyclic) bond motifs is 1. The van der Waals surface area contributed by atoms with Crippen LogP contribution in [0, 0.1) is 13.8 Å². The van der Waals surface area contributed by atoms with Gasteiger partial charge in [0.15, 0.2) is 0 Å². The molecule has 1 N–H and O–H groups in total. The molecule has 0 fully saturated rings. The molecular weight excluding hydrogens is 418 g/mol. The number of nitrogens with zero attached hydrogens (tertiary/aromatic N) is 2. The zero-order valence-electron chi connectivity index (χ0n) is 17.6. The average Bonchev–Trinajstić information content (AvgIpc) is 2.69. The molecule has 1 amide bonds. The zero-order chi connectivity index (χ0) is 22.1. The Hall–Kier alpha value is -2.42. The number of nitrogens with one attached hydrogen (secondary N) is 1. The van der Waals surface area contributed by atoms with Crippen molar-refractivity contribution in [1.29, 1.82) is 0 Å². The number of aromatic nitrogens is 1. The number of aryl methyl sites for hydroxylation is 2. The monoisotopic (exact) mass is 443 g/mol. The molecule has 0 spiro atoms. The molecule has 2 aromatic carbocycles. The van der Waals surface area contributed by atoms with Gasteiger partial charge < -0.3 is 5.32 Å². The van der Waals surface area contributed by atoms with Gasteiger partial charge in [-0.2, -0.15) is 0 Å². The van der Waals surface area contributed by atoms with E-state index < -0.39 is 10.0 Å². The Balaban J connectivity index is 1.81.